The van der Waals surface area contributed by atoms with Gasteiger partial charge in [0.05, 0.1) is 12.2 Å². The van der Waals surface area contributed by atoms with E-state index in [9.17, 15) is 9.18 Å². The molecule has 2 aliphatic carbocycles. The summed E-state index contributed by atoms with van der Waals surface area (Å²) >= 11 is 0. The second-order valence-corrected chi connectivity index (χ2v) is 7.14. The van der Waals surface area contributed by atoms with Gasteiger partial charge in [-0.2, -0.15) is 0 Å². The fourth-order valence-electron chi connectivity index (χ4n) is 3.18. The van der Waals surface area contributed by atoms with Crippen LogP contribution in [0.3, 0.4) is 0 Å². The van der Waals surface area contributed by atoms with Crippen molar-refractivity contribution < 1.29 is 28.2 Å². The van der Waals surface area contributed by atoms with Gasteiger partial charge in [-0.25, -0.2) is 8.78 Å². The fourth-order valence-corrected chi connectivity index (χ4v) is 3.18. The van der Waals surface area contributed by atoms with E-state index in [2.05, 4.69) is 0 Å². The molecule has 4 nitrogen and oxygen atoms in total. The molecular weight excluding hydrogens is 354 g/mol. The van der Waals surface area contributed by atoms with E-state index in [4.69, 9.17) is 14.6 Å². The number of halogens is 2. The second-order valence-electron chi connectivity index (χ2n) is 7.14. The molecule has 0 radical (unpaired) electrons. The van der Waals surface area contributed by atoms with Crippen molar-refractivity contribution in [2.24, 2.45) is 0 Å². The Morgan fingerprint density at radius 2 is 2.19 bits per heavy atom. The van der Waals surface area contributed by atoms with E-state index < -0.39 is 29.7 Å². The number of hydrogen-bond donors (Lipinski definition) is 1. The van der Waals surface area contributed by atoms with Gasteiger partial charge in [0.1, 0.15) is 11.6 Å². The van der Waals surface area contributed by atoms with Gasteiger partial charge in [0.2, 0.25) is 0 Å². The average Bonchev–Trinajstić information content (AvgIpc) is 2.60. The molecule has 27 heavy (non-hydrogen) atoms. The number of alkyl halides is 1. The molecule has 146 valence electrons. The third-order valence-corrected chi connectivity index (χ3v) is 4.99. The Hall–Kier alpha value is -2.21. The van der Waals surface area contributed by atoms with Crippen LogP contribution in [0.5, 0.6) is 5.75 Å². The molecule has 0 amide bonds. The van der Waals surface area contributed by atoms with Gasteiger partial charge in [0.15, 0.2) is 11.8 Å². The highest BCUT2D eigenvalue weighted by molar-refractivity contribution is 5.66. The maximum atomic E-state index is 15.9. The van der Waals surface area contributed by atoms with E-state index in [0.29, 0.717) is 5.75 Å². The zero-order valence-corrected chi connectivity index (χ0v) is 15.2. The highest BCUT2D eigenvalue weighted by Gasteiger charge is 2.45. The summed E-state index contributed by atoms with van der Waals surface area (Å²) in [6, 6.07) is 6.60. The average molecular weight is 378 g/mol. The van der Waals surface area contributed by atoms with Crippen LogP contribution in [0, 0.1) is 0 Å². The summed E-state index contributed by atoms with van der Waals surface area (Å²) < 4.78 is 41.8. The van der Waals surface area contributed by atoms with Crippen LogP contribution in [-0.4, -0.2) is 29.4 Å². The van der Waals surface area contributed by atoms with Crippen LogP contribution in [-0.2, 0) is 15.2 Å². The lowest BCUT2D eigenvalue weighted by molar-refractivity contribution is -0.138. The van der Waals surface area contributed by atoms with Crippen molar-refractivity contribution in [2.45, 2.75) is 63.0 Å². The molecule has 0 spiro atoms. The summed E-state index contributed by atoms with van der Waals surface area (Å²) in [7, 11) is 0. The van der Waals surface area contributed by atoms with Crippen molar-refractivity contribution in [3.05, 3.63) is 53.9 Å². The minimum absolute atomic E-state index is 0.126. The van der Waals surface area contributed by atoms with Crippen LogP contribution in [0.25, 0.3) is 0 Å². The molecule has 2 aliphatic rings. The van der Waals surface area contributed by atoms with Crippen molar-refractivity contribution in [1.29, 1.82) is 0 Å². The van der Waals surface area contributed by atoms with E-state index in [1.807, 2.05) is 0 Å². The first-order valence-corrected chi connectivity index (χ1v) is 9.27. The van der Waals surface area contributed by atoms with Crippen molar-refractivity contribution in [1.82, 2.24) is 0 Å². The topological polar surface area (TPSA) is 55.8 Å². The third kappa shape index (κ3) is 4.56. The molecule has 0 bridgehead atoms. The number of rotatable bonds is 8. The molecular formula is C21H24F2O4. The van der Waals surface area contributed by atoms with Gasteiger partial charge in [-0.1, -0.05) is 18.2 Å². The molecule has 0 heterocycles. The summed E-state index contributed by atoms with van der Waals surface area (Å²) in [4.78, 5) is 10.7. The fraction of sp³-hybridized carbons (Fsp3) is 0.476. The zero-order chi connectivity index (χ0) is 19.4. The standard InChI is InChI=1S/C21H24F2O4/c1-14(10-11-19(24)25)26-20-18(22)9-4-12-21(20,23)15-5-2-8-17(13-15)27-16-6-3-7-16/h2,4-5,8-9,12-14,16,20H,3,6-7,10-11H2,1H3,(H,24,25)/t14-,20?,21?/m1/s1. The molecule has 2 unspecified atom stereocenters. The van der Waals surface area contributed by atoms with Crippen LogP contribution < -0.4 is 4.74 Å². The van der Waals surface area contributed by atoms with Gasteiger partial charge in [0.25, 0.3) is 0 Å². The highest BCUT2D eigenvalue weighted by Crippen LogP contribution is 2.42. The lowest BCUT2D eigenvalue weighted by Gasteiger charge is -2.35. The normalized spacial score (nSPS) is 26.2. The van der Waals surface area contributed by atoms with Gasteiger partial charge in [-0.05, 0) is 62.5 Å². The van der Waals surface area contributed by atoms with E-state index >= 15 is 4.39 Å². The molecule has 1 fully saturated rings. The quantitative estimate of drug-likeness (QED) is 0.703. The van der Waals surface area contributed by atoms with Gasteiger partial charge < -0.3 is 14.6 Å². The summed E-state index contributed by atoms with van der Waals surface area (Å²) in [5.74, 6) is -1.15. The zero-order valence-electron chi connectivity index (χ0n) is 15.2. The molecule has 3 rings (SSSR count). The third-order valence-electron chi connectivity index (χ3n) is 4.99. The number of aliphatic carboxylic acids is 1. The first kappa shape index (κ1) is 19.5. The van der Waals surface area contributed by atoms with Gasteiger partial charge in [-0.15, -0.1) is 0 Å². The van der Waals surface area contributed by atoms with Crippen LogP contribution in [0.4, 0.5) is 8.78 Å². The SMILES string of the molecule is C[C@H](CCC(=O)O)OC1C(F)=CC=CC1(F)c1cccc(OC2CCC2)c1. The second kappa shape index (κ2) is 8.21. The maximum Gasteiger partial charge on any atom is 0.303 e. The first-order chi connectivity index (χ1) is 12.9. The molecule has 3 atom stereocenters. The van der Waals surface area contributed by atoms with Crippen LogP contribution in [0.1, 0.15) is 44.6 Å². The van der Waals surface area contributed by atoms with Crippen molar-refractivity contribution in [3.8, 4) is 5.75 Å². The minimum Gasteiger partial charge on any atom is -0.490 e. The molecule has 1 aromatic rings. The predicted molar refractivity (Wildman–Crippen MR) is 97.0 cm³/mol. The summed E-state index contributed by atoms with van der Waals surface area (Å²) in [6.45, 7) is 1.62. The number of carboxylic acids is 1. The van der Waals surface area contributed by atoms with Crippen molar-refractivity contribution in [3.63, 3.8) is 0 Å². The Balaban J connectivity index is 1.79. The van der Waals surface area contributed by atoms with Crippen LogP contribution in [0.2, 0.25) is 0 Å². The van der Waals surface area contributed by atoms with Gasteiger partial charge >= 0.3 is 5.97 Å². The number of allylic oxidation sites excluding steroid dienone is 2. The van der Waals surface area contributed by atoms with Crippen LogP contribution >= 0.6 is 0 Å². The first-order valence-electron chi connectivity index (χ1n) is 9.27. The smallest absolute Gasteiger partial charge is 0.303 e. The van der Waals surface area contributed by atoms with E-state index in [1.54, 1.807) is 31.2 Å². The summed E-state index contributed by atoms with van der Waals surface area (Å²) in [5.41, 5.74) is -1.95. The minimum atomic E-state index is -2.20. The Morgan fingerprint density at radius 1 is 1.41 bits per heavy atom. The number of ether oxygens (including phenoxy) is 2. The van der Waals surface area contributed by atoms with E-state index in [0.717, 1.165) is 19.3 Å². The Bertz CT molecular complexity index is 741. The molecule has 6 heteroatoms. The molecule has 1 aromatic carbocycles. The molecule has 1 saturated carbocycles. The van der Waals surface area contributed by atoms with Crippen molar-refractivity contribution >= 4 is 5.97 Å². The molecule has 0 saturated heterocycles. The largest absolute Gasteiger partial charge is 0.490 e. The molecule has 0 aromatic heterocycles. The predicted octanol–water partition coefficient (Wildman–Crippen LogP) is 4.84. The number of hydrogen-bond acceptors (Lipinski definition) is 3. The van der Waals surface area contributed by atoms with Gasteiger partial charge in [0, 0.05) is 6.42 Å². The number of benzene rings is 1. The van der Waals surface area contributed by atoms with Gasteiger partial charge in [-0.3, -0.25) is 4.79 Å². The van der Waals surface area contributed by atoms with Crippen molar-refractivity contribution in [2.75, 3.05) is 0 Å². The lowest BCUT2D eigenvalue weighted by Crippen LogP contribution is -2.40. The summed E-state index contributed by atoms with van der Waals surface area (Å²) in [5, 5.41) is 8.79. The maximum absolute atomic E-state index is 15.9. The Morgan fingerprint density at radius 3 is 2.85 bits per heavy atom. The molecule has 1 N–H and O–H groups in total. The highest BCUT2D eigenvalue weighted by atomic mass is 19.2. The molecule has 0 aliphatic heterocycles. The number of carbonyl (C=O) groups is 1. The summed E-state index contributed by atoms with van der Waals surface area (Å²) in [6.07, 6.45) is 4.97. The van der Waals surface area contributed by atoms with E-state index in [-0.39, 0.29) is 24.5 Å². The monoisotopic (exact) mass is 378 g/mol. The lowest BCUT2D eigenvalue weighted by atomic mass is 9.85. The number of carboxylic acid groups (broad SMARTS) is 1. The Labute approximate surface area is 157 Å². The van der Waals surface area contributed by atoms with Crippen LogP contribution in [0.15, 0.2) is 48.3 Å². The Kier molecular flexibility index (Phi) is 5.95. The van der Waals surface area contributed by atoms with E-state index in [1.165, 1.54) is 18.2 Å².